The largest absolute Gasteiger partial charge is 0.490 e. The molecule has 0 fully saturated rings. The van der Waals surface area contributed by atoms with Gasteiger partial charge in [-0.05, 0) is 56.3 Å². The number of nitrogens with zero attached hydrogens (tertiary/aromatic N) is 1. The number of hydrogen-bond donors (Lipinski definition) is 2. The molecule has 0 bridgehead atoms. The van der Waals surface area contributed by atoms with Crippen molar-refractivity contribution in [1.82, 2.24) is 9.97 Å². The van der Waals surface area contributed by atoms with E-state index >= 15 is 0 Å². The summed E-state index contributed by atoms with van der Waals surface area (Å²) < 4.78 is 11.4. The van der Waals surface area contributed by atoms with Crippen molar-refractivity contribution >= 4 is 22.5 Å². The Hall–Kier alpha value is -4.13. The molecule has 32 heavy (non-hydrogen) atoms. The molecule has 4 aromatic rings. The van der Waals surface area contributed by atoms with Crippen LogP contribution in [0.15, 0.2) is 71.5 Å². The molecule has 7 heteroatoms. The van der Waals surface area contributed by atoms with E-state index in [0.717, 1.165) is 5.56 Å². The molecule has 0 unspecified atom stereocenters. The summed E-state index contributed by atoms with van der Waals surface area (Å²) in [5.41, 5.74) is 2.89. The van der Waals surface area contributed by atoms with Gasteiger partial charge >= 0.3 is 0 Å². The van der Waals surface area contributed by atoms with Crippen LogP contribution in [0.3, 0.4) is 0 Å². The van der Waals surface area contributed by atoms with Crippen molar-refractivity contribution in [1.29, 1.82) is 0 Å². The van der Waals surface area contributed by atoms with Crippen LogP contribution in [-0.4, -0.2) is 29.1 Å². The number of para-hydroxylation sites is 1. The van der Waals surface area contributed by atoms with Gasteiger partial charge in [-0.1, -0.05) is 29.8 Å². The van der Waals surface area contributed by atoms with Crippen molar-refractivity contribution < 1.29 is 14.3 Å². The molecule has 0 aliphatic heterocycles. The molecule has 4 rings (SSSR count). The number of fused-ring (bicyclic) bond motifs is 1. The van der Waals surface area contributed by atoms with Crippen LogP contribution in [0, 0.1) is 6.92 Å². The van der Waals surface area contributed by atoms with Gasteiger partial charge in [0.25, 0.3) is 11.5 Å². The lowest BCUT2D eigenvalue weighted by Crippen LogP contribution is -2.20. The van der Waals surface area contributed by atoms with E-state index in [4.69, 9.17) is 9.47 Å². The minimum atomic E-state index is -0.277. The first kappa shape index (κ1) is 21.1. The van der Waals surface area contributed by atoms with E-state index in [2.05, 4.69) is 15.3 Å². The molecule has 0 saturated carbocycles. The van der Waals surface area contributed by atoms with Crippen molar-refractivity contribution in [2.24, 2.45) is 0 Å². The average Bonchev–Trinajstić information content (AvgIpc) is 2.80. The second kappa shape index (κ2) is 9.34. The van der Waals surface area contributed by atoms with Gasteiger partial charge in [0.05, 0.1) is 17.5 Å². The number of nitrogens with one attached hydrogen (secondary N) is 2. The zero-order chi connectivity index (χ0) is 22.5. The molecule has 0 saturated heterocycles. The Labute approximate surface area is 185 Å². The molecule has 0 spiro atoms. The second-order valence-corrected chi connectivity index (χ2v) is 7.23. The Kier molecular flexibility index (Phi) is 6.17. The summed E-state index contributed by atoms with van der Waals surface area (Å²) in [4.78, 5) is 32.0. The first-order valence-electron chi connectivity index (χ1n) is 10.3. The van der Waals surface area contributed by atoms with Crippen LogP contribution in [-0.2, 0) is 4.79 Å². The van der Waals surface area contributed by atoms with Gasteiger partial charge < -0.3 is 19.8 Å². The normalized spacial score (nSPS) is 10.7. The molecule has 1 aromatic heterocycles. The highest BCUT2D eigenvalue weighted by Crippen LogP contribution is 2.32. The summed E-state index contributed by atoms with van der Waals surface area (Å²) >= 11 is 0. The molecule has 7 nitrogen and oxygen atoms in total. The Morgan fingerprint density at radius 2 is 1.78 bits per heavy atom. The number of rotatable bonds is 7. The highest BCUT2D eigenvalue weighted by atomic mass is 16.5. The Balaban J connectivity index is 1.53. The van der Waals surface area contributed by atoms with Crippen molar-refractivity contribution in [3.8, 4) is 22.9 Å². The second-order valence-electron chi connectivity index (χ2n) is 7.23. The van der Waals surface area contributed by atoms with E-state index in [1.165, 1.54) is 0 Å². The molecule has 162 valence electrons. The molecular weight excluding hydrogens is 406 g/mol. The smallest absolute Gasteiger partial charge is 0.262 e. The van der Waals surface area contributed by atoms with Crippen LogP contribution in [0.2, 0.25) is 0 Å². The number of ether oxygens (including phenoxy) is 2. The fourth-order valence-electron chi connectivity index (χ4n) is 3.24. The van der Waals surface area contributed by atoms with E-state index in [0.29, 0.717) is 46.1 Å². The molecule has 0 atom stereocenters. The lowest BCUT2D eigenvalue weighted by Gasteiger charge is -2.13. The quantitative estimate of drug-likeness (QED) is 0.457. The Bertz CT molecular complexity index is 1310. The Morgan fingerprint density at radius 1 is 1.00 bits per heavy atom. The number of anilines is 1. The van der Waals surface area contributed by atoms with Crippen molar-refractivity contribution in [3.05, 3.63) is 82.6 Å². The summed E-state index contributed by atoms with van der Waals surface area (Å²) in [6.45, 7) is 4.09. The van der Waals surface area contributed by atoms with Gasteiger partial charge in [0.1, 0.15) is 5.82 Å². The van der Waals surface area contributed by atoms with Gasteiger partial charge in [-0.3, -0.25) is 9.59 Å². The van der Waals surface area contributed by atoms with Gasteiger partial charge in [0, 0.05) is 11.3 Å². The van der Waals surface area contributed by atoms with Gasteiger partial charge in [0.2, 0.25) is 0 Å². The molecule has 0 aliphatic carbocycles. The minimum Gasteiger partial charge on any atom is -0.490 e. The number of aromatic nitrogens is 2. The van der Waals surface area contributed by atoms with Crippen LogP contribution < -0.4 is 20.3 Å². The van der Waals surface area contributed by atoms with Gasteiger partial charge in [-0.25, -0.2) is 4.98 Å². The molecule has 1 amide bonds. The fraction of sp³-hybridized carbons (Fsp3) is 0.160. The van der Waals surface area contributed by atoms with Crippen LogP contribution in [0.4, 0.5) is 5.69 Å². The van der Waals surface area contributed by atoms with E-state index in [9.17, 15) is 9.59 Å². The van der Waals surface area contributed by atoms with E-state index < -0.39 is 0 Å². The number of benzene rings is 3. The fourth-order valence-corrected chi connectivity index (χ4v) is 3.24. The maximum atomic E-state index is 12.4. The standard InChI is InChI=1S/C25H23N3O4/c1-3-31-22-14-17(24-27-20-7-5-4-6-19(20)25(30)28-24)10-13-21(22)32-15-23(29)26-18-11-8-16(2)9-12-18/h4-14H,3,15H2,1-2H3,(H,26,29)(H,27,28,30). The first-order chi connectivity index (χ1) is 15.5. The summed E-state index contributed by atoms with van der Waals surface area (Å²) in [5.74, 6) is 1.04. The van der Waals surface area contributed by atoms with Crippen LogP contribution in [0.5, 0.6) is 11.5 Å². The lowest BCUT2D eigenvalue weighted by molar-refractivity contribution is -0.118. The average molecular weight is 429 g/mol. The number of carbonyl (C=O) groups is 1. The highest BCUT2D eigenvalue weighted by molar-refractivity contribution is 5.92. The van der Waals surface area contributed by atoms with Crippen LogP contribution in [0.25, 0.3) is 22.3 Å². The lowest BCUT2D eigenvalue weighted by atomic mass is 10.1. The van der Waals surface area contributed by atoms with Crippen molar-refractivity contribution in [2.45, 2.75) is 13.8 Å². The maximum Gasteiger partial charge on any atom is 0.262 e. The van der Waals surface area contributed by atoms with Crippen molar-refractivity contribution in [3.63, 3.8) is 0 Å². The van der Waals surface area contributed by atoms with Gasteiger partial charge in [0.15, 0.2) is 18.1 Å². The monoisotopic (exact) mass is 429 g/mol. The topological polar surface area (TPSA) is 93.3 Å². The summed E-state index contributed by atoms with van der Waals surface area (Å²) in [6, 6.07) is 19.9. The summed E-state index contributed by atoms with van der Waals surface area (Å²) in [6.07, 6.45) is 0. The number of hydrogen-bond acceptors (Lipinski definition) is 5. The molecular formula is C25H23N3O4. The number of aryl methyl sites for hydroxylation is 1. The number of carbonyl (C=O) groups excluding carboxylic acids is 1. The summed E-state index contributed by atoms with van der Waals surface area (Å²) in [7, 11) is 0. The molecule has 2 N–H and O–H groups in total. The maximum absolute atomic E-state index is 12.4. The van der Waals surface area contributed by atoms with Crippen LogP contribution >= 0.6 is 0 Å². The predicted molar refractivity (Wildman–Crippen MR) is 124 cm³/mol. The third kappa shape index (κ3) is 4.78. The molecule has 0 aliphatic rings. The van der Waals surface area contributed by atoms with E-state index in [1.54, 1.807) is 36.4 Å². The minimum absolute atomic E-state index is 0.168. The van der Waals surface area contributed by atoms with Gasteiger partial charge in [-0.2, -0.15) is 0 Å². The van der Waals surface area contributed by atoms with Crippen molar-refractivity contribution in [2.75, 3.05) is 18.5 Å². The number of aromatic amines is 1. The SMILES string of the molecule is CCOc1cc(-c2nc3ccccc3c(=O)[nH]2)ccc1OCC(=O)Nc1ccc(C)cc1. The number of amides is 1. The predicted octanol–water partition coefficient (Wildman–Crippen LogP) is 4.31. The Morgan fingerprint density at radius 3 is 2.56 bits per heavy atom. The van der Waals surface area contributed by atoms with E-state index in [1.807, 2.05) is 44.2 Å². The van der Waals surface area contributed by atoms with Crippen LogP contribution in [0.1, 0.15) is 12.5 Å². The first-order valence-corrected chi connectivity index (χ1v) is 10.3. The molecule has 3 aromatic carbocycles. The highest BCUT2D eigenvalue weighted by Gasteiger charge is 2.12. The molecule has 1 heterocycles. The zero-order valence-corrected chi connectivity index (χ0v) is 17.8. The third-order valence-corrected chi connectivity index (χ3v) is 4.82. The molecule has 0 radical (unpaired) electrons. The third-order valence-electron chi connectivity index (χ3n) is 4.82. The number of H-pyrrole nitrogens is 1. The summed E-state index contributed by atoms with van der Waals surface area (Å²) in [5, 5.41) is 3.33. The zero-order valence-electron chi connectivity index (χ0n) is 17.8. The van der Waals surface area contributed by atoms with E-state index in [-0.39, 0.29) is 18.1 Å². The van der Waals surface area contributed by atoms with Gasteiger partial charge in [-0.15, -0.1) is 0 Å².